The van der Waals surface area contributed by atoms with Gasteiger partial charge >= 0.3 is 5.97 Å². The van der Waals surface area contributed by atoms with Crippen LogP contribution in [-0.2, 0) is 4.74 Å². The maximum atomic E-state index is 11.7. The van der Waals surface area contributed by atoms with Crippen molar-refractivity contribution in [1.29, 1.82) is 0 Å². The van der Waals surface area contributed by atoms with E-state index in [1.54, 1.807) is 24.4 Å². The molecule has 0 N–H and O–H groups in total. The molecule has 0 fully saturated rings. The van der Waals surface area contributed by atoms with E-state index in [-0.39, 0.29) is 0 Å². The van der Waals surface area contributed by atoms with Crippen molar-refractivity contribution >= 4 is 28.6 Å². The van der Waals surface area contributed by atoms with Gasteiger partial charge in [-0.3, -0.25) is 4.98 Å². The minimum absolute atomic E-state index is 0.323. The molecule has 0 spiro atoms. The quantitative estimate of drug-likeness (QED) is 0.490. The maximum absolute atomic E-state index is 11.7. The third-order valence-electron chi connectivity index (χ3n) is 2.89. The Kier molecular flexibility index (Phi) is 4.14. The van der Waals surface area contributed by atoms with Crippen LogP contribution in [0.1, 0.15) is 10.4 Å². The number of pyridine rings is 1. The van der Waals surface area contributed by atoms with Gasteiger partial charge in [-0.1, -0.05) is 11.2 Å². The summed E-state index contributed by atoms with van der Waals surface area (Å²) >= 11 is 2.12. The Balaban J connectivity index is 2.00. The normalized spacial score (nSPS) is 10.5. The molecule has 0 aliphatic heterocycles. The highest BCUT2D eigenvalue weighted by atomic mass is 127. The minimum Gasteiger partial charge on any atom is -0.465 e. The first kappa shape index (κ1) is 14.6. The lowest BCUT2D eigenvalue weighted by Crippen LogP contribution is -2.01. The average Bonchev–Trinajstić information content (AvgIpc) is 3.04. The molecule has 0 unspecified atom stereocenters. The summed E-state index contributed by atoms with van der Waals surface area (Å²) < 4.78 is 10.9. The number of aromatic nitrogens is 3. The van der Waals surface area contributed by atoms with E-state index >= 15 is 0 Å². The molecule has 1 aromatic carbocycles. The predicted molar refractivity (Wildman–Crippen MR) is 87.0 cm³/mol. The molecule has 0 saturated heterocycles. The van der Waals surface area contributed by atoms with Crippen LogP contribution < -0.4 is 0 Å². The Hall–Kier alpha value is -2.29. The van der Waals surface area contributed by atoms with Crippen molar-refractivity contribution in [1.82, 2.24) is 15.1 Å². The topological polar surface area (TPSA) is 78.1 Å². The monoisotopic (exact) mass is 407 g/mol. The first-order chi connectivity index (χ1) is 10.7. The summed E-state index contributed by atoms with van der Waals surface area (Å²) in [6.07, 6.45) is 1.66. The molecule has 110 valence electrons. The number of esters is 1. The van der Waals surface area contributed by atoms with Crippen LogP contribution in [0, 0.1) is 3.57 Å². The van der Waals surface area contributed by atoms with Crippen LogP contribution in [0.2, 0.25) is 0 Å². The summed E-state index contributed by atoms with van der Waals surface area (Å²) in [7, 11) is 1.34. The molecule has 6 nitrogen and oxygen atoms in total. The van der Waals surface area contributed by atoms with Gasteiger partial charge in [-0.15, -0.1) is 0 Å². The van der Waals surface area contributed by atoms with Gasteiger partial charge in [0.1, 0.15) is 5.69 Å². The van der Waals surface area contributed by atoms with Crippen LogP contribution in [-0.4, -0.2) is 28.2 Å². The Bertz CT molecular complexity index is 818. The molecule has 0 radical (unpaired) electrons. The largest absolute Gasteiger partial charge is 0.465 e. The lowest BCUT2D eigenvalue weighted by molar-refractivity contribution is 0.0600. The Labute approximate surface area is 139 Å². The van der Waals surface area contributed by atoms with Crippen LogP contribution in [0.3, 0.4) is 0 Å². The first-order valence-corrected chi connectivity index (χ1v) is 7.39. The van der Waals surface area contributed by atoms with Crippen molar-refractivity contribution in [3.8, 4) is 23.0 Å². The van der Waals surface area contributed by atoms with E-state index < -0.39 is 5.97 Å². The van der Waals surface area contributed by atoms with Gasteiger partial charge in [-0.05, 0) is 52.9 Å². The molecule has 3 rings (SSSR count). The predicted octanol–water partition coefficient (Wildman–Crippen LogP) is 3.19. The fourth-order valence-electron chi connectivity index (χ4n) is 1.89. The fourth-order valence-corrected chi connectivity index (χ4v) is 2.56. The van der Waals surface area contributed by atoms with E-state index in [2.05, 4.69) is 37.7 Å². The highest BCUT2D eigenvalue weighted by molar-refractivity contribution is 14.1. The van der Waals surface area contributed by atoms with Crippen molar-refractivity contribution in [3.63, 3.8) is 0 Å². The number of hydrogen-bond acceptors (Lipinski definition) is 6. The number of hydrogen-bond donors (Lipinski definition) is 0. The van der Waals surface area contributed by atoms with Gasteiger partial charge in [-0.2, -0.15) is 4.98 Å². The highest BCUT2D eigenvalue weighted by Crippen LogP contribution is 2.24. The Morgan fingerprint density at radius 1 is 1.27 bits per heavy atom. The summed E-state index contributed by atoms with van der Waals surface area (Å²) in [6.45, 7) is 0. The van der Waals surface area contributed by atoms with Crippen molar-refractivity contribution in [3.05, 3.63) is 51.7 Å². The van der Waals surface area contributed by atoms with E-state index in [0.29, 0.717) is 28.5 Å². The SMILES string of the molecule is COC(=O)c1cc(I)cc(-c2nc(-c3ccccn3)no2)c1. The molecule has 0 amide bonds. The molecular weight excluding hydrogens is 397 g/mol. The zero-order chi connectivity index (χ0) is 15.5. The van der Waals surface area contributed by atoms with Gasteiger partial charge in [0, 0.05) is 15.3 Å². The van der Waals surface area contributed by atoms with Crippen molar-refractivity contribution < 1.29 is 14.1 Å². The number of benzene rings is 1. The van der Waals surface area contributed by atoms with Crippen LogP contribution in [0.15, 0.2) is 47.1 Å². The zero-order valence-corrected chi connectivity index (χ0v) is 13.6. The number of nitrogens with zero attached hydrogens (tertiary/aromatic N) is 3. The van der Waals surface area contributed by atoms with Crippen molar-refractivity contribution in [2.24, 2.45) is 0 Å². The summed E-state index contributed by atoms with van der Waals surface area (Å²) in [6, 6.07) is 10.7. The summed E-state index contributed by atoms with van der Waals surface area (Å²) in [5.41, 5.74) is 1.71. The number of carbonyl (C=O) groups is 1. The van der Waals surface area contributed by atoms with Gasteiger partial charge in [0.15, 0.2) is 0 Å². The number of ether oxygens (including phenoxy) is 1. The average molecular weight is 407 g/mol. The lowest BCUT2D eigenvalue weighted by atomic mass is 10.1. The first-order valence-electron chi connectivity index (χ1n) is 6.32. The van der Waals surface area contributed by atoms with E-state index in [9.17, 15) is 4.79 Å². The molecule has 7 heteroatoms. The molecule has 2 heterocycles. The third kappa shape index (κ3) is 2.98. The van der Waals surface area contributed by atoms with Gasteiger partial charge in [0.05, 0.1) is 12.7 Å². The third-order valence-corrected chi connectivity index (χ3v) is 3.51. The van der Waals surface area contributed by atoms with Crippen LogP contribution >= 0.6 is 22.6 Å². The van der Waals surface area contributed by atoms with Crippen molar-refractivity contribution in [2.45, 2.75) is 0 Å². The van der Waals surface area contributed by atoms with Crippen LogP contribution in [0.4, 0.5) is 0 Å². The van der Waals surface area contributed by atoms with Gasteiger partial charge in [0.25, 0.3) is 5.89 Å². The molecule has 3 aromatic rings. The summed E-state index contributed by atoms with van der Waals surface area (Å²) in [4.78, 5) is 20.2. The zero-order valence-electron chi connectivity index (χ0n) is 11.5. The van der Waals surface area contributed by atoms with Crippen LogP contribution in [0.25, 0.3) is 23.0 Å². The van der Waals surface area contributed by atoms with Gasteiger partial charge < -0.3 is 9.26 Å². The minimum atomic E-state index is -0.413. The molecule has 22 heavy (non-hydrogen) atoms. The Morgan fingerprint density at radius 2 is 2.14 bits per heavy atom. The molecular formula is C15H10IN3O3. The van der Waals surface area contributed by atoms with E-state index in [0.717, 1.165) is 3.57 Å². The lowest BCUT2D eigenvalue weighted by Gasteiger charge is -2.02. The standard InChI is InChI=1S/C15H10IN3O3/c1-21-15(20)10-6-9(7-11(16)8-10)14-18-13(19-22-14)12-4-2-3-5-17-12/h2-8H,1H3. The second kappa shape index (κ2) is 6.22. The van der Waals surface area contributed by atoms with Crippen molar-refractivity contribution in [2.75, 3.05) is 7.11 Å². The molecule has 0 atom stereocenters. The number of methoxy groups -OCH3 is 1. The second-order valence-corrected chi connectivity index (χ2v) is 5.60. The summed E-state index contributed by atoms with van der Waals surface area (Å²) in [5, 5.41) is 3.92. The number of rotatable bonds is 3. The van der Waals surface area contributed by atoms with E-state index in [4.69, 9.17) is 9.26 Å². The van der Waals surface area contributed by atoms with E-state index in [1.807, 2.05) is 18.2 Å². The molecule has 0 aliphatic rings. The highest BCUT2D eigenvalue weighted by Gasteiger charge is 2.15. The van der Waals surface area contributed by atoms with Gasteiger partial charge in [-0.25, -0.2) is 4.79 Å². The molecule has 0 aliphatic carbocycles. The fraction of sp³-hybridized carbons (Fsp3) is 0.0667. The molecule has 2 aromatic heterocycles. The van der Waals surface area contributed by atoms with Gasteiger partial charge in [0.2, 0.25) is 5.82 Å². The number of carbonyl (C=O) groups excluding carboxylic acids is 1. The summed E-state index contributed by atoms with van der Waals surface area (Å²) in [5.74, 6) is 0.308. The Morgan fingerprint density at radius 3 is 2.86 bits per heavy atom. The number of halogens is 1. The smallest absolute Gasteiger partial charge is 0.337 e. The van der Waals surface area contributed by atoms with E-state index in [1.165, 1.54) is 7.11 Å². The van der Waals surface area contributed by atoms with Crippen LogP contribution in [0.5, 0.6) is 0 Å². The molecule has 0 bridgehead atoms. The second-order valence-electron chi connectivity index (χ2n) is 4.36. The maximum Gasteiger partial charge on any atom is 0.337 e. The molecule has 0 saturated carbocycles.